The average molecular weight is 346 g/mol. The van der Waals surface area contributed by atoms with Gasteiger partial charge in [-0.1, -0.05) is 30.3 Å². The number of halogens is 1. The fourth-order valence-corrected chi connectivity index (χ4v) is 2.08. The molecule has 0 bridgehead atoms. The van der Waals surface area contributed by atoms with E-state index >= 15 is 0 Å². The Morgan fingerprint density at radius 1 is 1.04 bits per heavy atom. The van der Waals surface area contributed by atoms with Gasteiger partial charge in [-0.05, 0) is 25.1 Å². The van der Waals surface area contributed by atoms with Crippen molar-refractivity contribution < 1.29 is 23.5 Å². The SMILES string of the molecule is COc1ccccc1CC(=O)NNC(=O)C(C)Oc1ccccc1F. The molecule has 0 fully saturated rings. The maximum atomic E-state index is 13.5. The number of hydrogen-bond acceptors (Lipinski definition) is 4. The third kappa shape index (κ3) is 5.20. The number of hydrogen-bond donors (Lipinski definition) is 2. The molecule has 2 aromatic carbocycles. The Balaban J connectivity index is 1.84. The summed E-state index contributed by atoms with van der Waals surface area (Å²) < 4.78 is 23.9. The number of rotatable bonds is 6. The average Bonchev–Trinajstić information content (AvgIpc) is 2.62. The van der Waals surface area contributed by atoms with Gasteiger partial charge in [0.1, 0.15) is 5.75 Å². The molecule has 0 aliphatic rings. The second-order valence-electron chi connectivity index (χ2n) is 5.22. The van der Waals surface area contributed by atoms with Crippen LogP contribution in [0.3, 0.4) is 0 Å². The minimum atomic E-state index is -0.983. The Labute approximate surface area is 144 Å². The van der Waals surface area contributed by atoms with Gasteiger partial charge < -0.3 is 9.47 Å². The van der Waals surface area contributed by atoms with Crippen LogP contribution in [-0.4, -0.2) is 25.0 Å². The predicted octanol–water partition coefficient (Wildman–Crippen LogP) is 1.99. The van der Waals surface area contributed by atoms with Crippen molar-refractivity contribution in [1.82, 2.24) is 10.9 Å². The third-order valence-electron chi connectivity index (χ3n) is 3.38. The Morgan fingerprint density at radius 3 is 2.36 bits per heavy atom. The number of carbonyl (C=O) groups excluding carboxylic acids is 2. The van der Waals surface area contributed by atoms with Gasteiger partial charge in [0.2, 0.25) is 5.91 Å². The number of benzene rings is 2. The van der Waals surface area contributed by atoms with Gasteiger partial charge in [0, 0.05) is 5.56 Å². The van der Waals surface area contributed by atoms with Crippen LogP contribution in [0, 0.1) is 5.82 Å². The van der Waals surface area contributed by atoms with E-state index in [1.54, 1.807) is 30.3 Å². The maximum Gasteiger partial charge on any atom is 0.279 e. The van der Waals surface area contributed by atoms with E-state index in [2.05, 4.69) is 10.9 Å². The molecular formula is C18H19FN2O4. The van der Waals surface area contributed by atoms with E-state index < -0.39 is 23.7 Å². The summed E-state index contributed by atoms with van der Waals surface area (Å²) in [5.74, 6) is -1.04. The highest BCUT2D eigenvalue weighted by Gasteiger charge is 2.17. The molecular weight excluding hydrogens is 327 g/mol. The fourth-order valence-electron chi connectivity index (χ4n) is 2.08. The van der Waals surface area contributed by atoms with Crippen molar-refractivity contribution in [2.75, 3.05) is 7.11 Å². The van der Waals surface area contributed by atoms with Crippen LogP contribution in [0.4, 0.5) is 4.39 Å². The molecule has 7 heteroatoms. The van der Waals surface area contributed by atoms with Gasteiger partial charge in [-0.15, -0.1) is 0 Å². The van der Waals surface area contributed by atoms with Gasteiger partial charge in [0.15, 0.2) is 17.7 Å². The van der Waals surface area contributed by atoms with Crippen molar-refractivity contribution in [3.05, 3.63) is 59.9 Å². The molecule has 0 heterocycles. The second kappa shape index (κ2) is 8.68. The number of para-hydroxylation sites is 2. The molecule has 0 saturated carbocycles. The summed E-state index contributed by atoms with van der Waals surface area (Å²) in [5.41, 5.74) is 5.24. The second-order valence-corrected chi connectivity index (χ2v) is 5.22. The zero-order valence-corrected chi connectivity index (χ0v) is 13.9. The van der Waals surface area contributed by atoms with Crippen LogP contribution in [0.15, 0.2) is 48.5 Å². The zero-order chi connectivity index (χ0) is 18.2. The Morgan fingerprint density at radius 2 is 1.68 bits per heavy atom. The van der Waals surface area contributed by atoms with E-state index in [1.165, 1.54) is 32.2 Å². The quantitative estimate of drug-likeness (QED) is 0.785. The minimum absolute atomic E-state index is 0.0346. The molecule has 2 aromatic rings. The number of methoxy groups -OCH3 is 1. The molecule has 0 saturated heterocycles. The molecule has 25 heavy (non-hydrogen) atoms. The molecule has 2 N–H and O–H groups in total. The van der Waals surface area contributed by atoms with E-state index in [-0.39, 0.29) is 12.2 Å². The van der Waals surface area contributed by atoms with Gasteiger partial charge in [-0.2, -0.15) is 0 Å². The monoisotopic (exact) mass is 346 g/mol. The van der Waals surface area contributed by atoms with Crippen LogP contribution in [0.2, 0.25) is 0 Å². The van der Waals surface area contributed by atoms with Crippen LogP contribution in [0.5, 0.6) is 11.5 Å². The summed E-state index contributed by atoms with van der Waals surface area (Å²) in [4.78, 5) is 23.9. The van der Waals surface area contributed by atoms with Crippen molar-refractivity contribution in [3.63, 3.8) is 0 Å². The van der Waals surface area contributed by atoms with E-state index in [0.717, 1.165) is 0 Å². The first kappa shape index (κ1) is 18.3. The molecule has 0 aliphatic carbocycles. The molecule has 1 unspecified atom stereocenters. The van der Waals surface area contributed by atoms with Gasteiger partial charge in [0.25, 0.3) is 5.91 Å². The third-order valence-corrected chi connectivity index (χ3v) is 3.38. The highest BCUT2D eigenvalue weighted by atomic mass is 19.1. The topological polar surface area (TPSA) is 76.7 Å². The Hall–Kier alpha value is -3.09. The number of nitrogens with one attached hydrogen (secondary N) is 2. The van der Waals surface area contributed by atoms with E-state index in [9.17, 15) is 14.0 Å². The first-order chi connectivity index (χ1) is 12.0. The lowest BCUT2D eigenvalue weighted by Crippen LogP contribution is -2.47. The minimum Gasteiger partial charge on any atom is -0.496 e. The molecule has 2 amide bonds. The lowest BCUT2D eigenvalue weighted by atomic mass is 10.1. The zero-order valence-electron chi connectivity index (χ0n) is 13.9. The molecule has 0 aromatic heterocycles. The van der Waals surface area contributed by atoms with Crippen molar-refractivity contribution >= 4 is 11.8 Å². The summed E-state index contributed by atoms with van der Waals surface area (Å²) in [6, 6.07) is 12.8. The Kier molecular flexibility index (Phi) is 6.33. The summed E-state index contributed by atoms with van der Waals surface area (Å²) in [5, 5.41) is 0. The summed E-state index contributed by atoms with van der Waals surface area (Å²) in [6.07, 6.45) is -0.948. The molecule has 0 spiro atoms. The van der Waals surface area contributed by atoms with Gasteiger partial charge in [-0.25, -0.2) is 4.39 Å². The van der Waals surface area contributed by atoms with Crippen LogP contribution in [-0.2, 0) is 16.0 Å². The molecule has 0 radical (unpaired) electrons. The van der Waals surface area contributed by atoms with Crippen LogP contribution in [0.1, 0.15) is 12.5 Å². The van der Waals surface area contributed by atoms with Gasteiger partial charge in [0.05, 0.1) is 13.5 Å². The van der Waals surface area contributed by atoms with E-state index in [1.807, 2.05) is 0 Å². The standard InChI is InChI=1S/C18H19FN2O4/c1-12(25-16-10-6-4-8-14(16)19)18(23)21-20-17(22)11-13-7-3-5-9-15(13)24-2/h3-10,12H,11H2,1-2H3,(H,20,22)(H,21,23). The van der Waals surface area contributed by atoms with Crippen molar-refractivity contribution in [3.8, 4) is 11.5 Å². The molecule has 132 valence electrons. The van der Waals surface area contributed by atoms with Crippen molar-refractivity contribution in [1.29, 1.82) is 0 Å². The number of ether oxygens (including phenoxy) is 2. The molecule has 6 nitrogen and oxygen atoms in total. The van der Waals surface area contributed by atoms with Crippen LogP contribution < -0.4 is 20.3 Å². The van der Waals surface area contributed by atoms with Crippen LogP contribution >= 0.6 is 0 Å². The molecule has 0 aliphatic heterocycles. The van der Waals surface area contributed by atoms with E-state index in [0.29, 0.717) is 11.3 Å². The number of hydrazine groups is 1. The summed E-state index contributed by atoms with van der Waals surface area (Å²) >= 11 is 0. The molecule has 2 rings (SSSR count). The number of carbonyl (C=O) groups is 2. The van der Waals surface area contributed by atoms with Crippen molar-refractivity contribution in [2.45, 2.75) is 19.4 Å². The summed E-state index contributed by atoms with van der Waals surface area (Å²) in [6.45, 7) is 1.45. The first-order valence-electron chi connectivity index (χ1n) is 7.63. The highest BCUT2D eigenvalue weighted by molar-refractivity contribution is 5.85. The van der Waals surface area contributed by atoms with E-state index in [4.69, 9.17) is 9.47 Å². The lowest BCUT2D eigenvalue weighted by Gasteiger charge is -2.15. The van der Waals surface area contributed by atoms with Gasteiger partial charge >= 0.3 is 0 Å². The number of amides is 2. The first-order valence-corrected chi connectivity index (χ1v) is 7.63. The molecule has 1 atom stereocenters. The van der Waals surface area contributed by atoms with Gasteiger partial charge in [-0.3, -0.25) is 20.4 Å². The summed E-state index contributed by atoms with van der Waals surface area (Å²) in [7, 11) is 1.51. The highest BCUT2D eigenvalue weighted by Crippen LogP contribution is 2.18. The normalized spacial score (nSPS) is 11.3. The largest absolute Gasteiger partial charge is 0.496 e. The Bertz CT molecular complexity index is 751. The fraction of sp³-hybridized carbons (Fsp3) is 0.222. The predicted molar refractivity (Wildman–Crippen MR) is 89.5 cm³/mol. The smallest absolute Gasteiger partial charge is 0.279 e. The van der Waals surface area contributed by atoms with Crippen molar-refractivity contribution in [2.24, 2.45) is 0 Å². The lowest BCUT2D eigenvalue weighted by molar-refractivity contribution is -0.132. The van der Waals surface area contributed by atoms with Crippen LogP contribution in [0.25, 0.3) is 0 Å². The maximum absolute atomic E-state index is 13.5.